The summed E-state index contributed by atoms with van der Waals surface area (Å²) in [6, 6.07) is 9.98. The van der Waals surface area contributed by atoms with Crippen molar-refractivity contribution in [3.63, 3.8) is 0 Å². The summed E-state index contributed by atoms with van der Waals surface area (Å²) in [6.45, 7) is 2.67. The highest BCUT2D eigenvalue weighted by atomic mass is 16.4. The van der Waals surface area contributed by atoms with E-state index in [9.17, 15) is 5.11 Å². The highest BCUT2D eigenvalue weighted by Gasteiger charge is 2.30. The van der Waals surface area contributed by atoms with Gasteiger partial charge in [-0.05, 0) is 50.3 Å². The molecule has 2 aliphatic rings. The number of hydrogen-bond donors (Lipinski definition) is 1. The molecule has 0 bridgehead atoms. The van der Waals surface area contributed by atoms with E-state index in [4.69, 9.17) is 4.42 Å². The molecule has 2 aromatic rings. The number of likely N-dealkylation sites (tertiary alicyclic amines) is 1. The lowest BCUT2D eigenvalue weighted by Gasteiger charge is -2.33. The van der Waals surface area contributed by atoms with Gasteiger partial charge < -0.3 is 9.52 Å². The van der Waals surface area contributed by atoms with Crippen LogP contribution in [0.15, 0.2) is 34.7 Å². The molecule has 1 aliphatic heterocycles. The van der Waals surface area contributed by atoms with Crippen molar-refractivity contribution in [1.29, 1.82) is 0 Å². The largest absolute Gasteiger partial charge is 0.424 e. The molecule has 0 spiro atoms. The van der Waals surface area contributed by atoms with Crippen LogP contribution in [0.2, 0.25) is 0 Å². The van der Waals surface area contributed by atoms with Crippen molar-refractivity contribution in [2.45, 2.75) is 44.2 Å². The van der Waals surface area contributed by atoms with E-state index in [0.29, 0.717) is 11.8 Å². The number of aliphatic hydroxyl groups is 1. The van der Waals surface area contributed by atoms with Crippen molar-refractivity contribution in [3.05, 3.63) is 47.7 Å². The molecule has 5 heteroatoms. The highest BCUT2D eigenvalue weighted by molar-refractivity contribution is 5.18. The fraction of sp³-hybridized carbons (Fsp3) is 0.556. The van der Waals surface area contributed by atoms with Gasteiger partial charge in [0.15, 0.2) is 0 Å². The molecule has 1 saturated heterocycles. The van der Waals surface area contributed by atoms with Gasteiger partial charge in [-0.3, -0.25) is 4.90 Å². The Morgan fingerprint density at radius 3 is 2.52 bits per heavy atom. The zero-order valence-corrected chi connectivity index (χ0v) is 13.3. The monoisotopic (exact) mass is 313 g/mol. The lowest BCUT2D eigenvalue weighted by atomic mass is 9.87. The van der Waals surface area contributed by atoms with E-state index in [1.807, 2.05) is 30.3 Å². The van der Waals surface area contributed by atoms with Crippen molar-refractivity contribution >= 4 is 0 Å². The van der Waals surface area contributed by atoms with E-state index < -0.39 is 0 Å². The van der Waals surface area contributed by atoms with Crippen molar-refractivity contribution in [2.24, 2.45) is 5.92 Å². The molecule has 5 nitrogen and oxygen atoms in total. The van der Waals surface area contributed by atoms with Gasteiger partial charge in [-0.1, -0.05) is 30.3 Å². The average Bonchev–Trinajstić information content (AvgIpc) is 3.36. The summed E-state index contributed by atoms with van der Waals surface area (Å²) in [6.07, 6.45) is 4.01. The molecule has 1 atom stereocenters. The quantitative estimate of drug-likeness (QED) is 0.919. The van der Waals surface area contributed by atoms with Gasteiger partial charge in [-0.25, -0.2) is 0 Å². The topological polar surface area (TPSA) is 62.4 Å². The van der Waals surface area contributed by atoms with Crippen molar-refractivity contribution < 1.29 is 9.52 Å². The van der Waals surface area contributed by atoms with Gasteiger partial charge in [-0.2, -0.15) is 0 Å². The molecule has 122 valence electrons. The number of piperidine rings is 1. The third-order valence-corrected chi connectivity index (χ3v) is 4.99. The molecule has 23 heavy (non-hydrogen) atoms. The molecule has 1 saturated carbocycles. The van der Waals surface area contributed by atoms with Crippen LogP contribution in [-0.2, 0) is 6.54 Å². The van der Waals surface area contributed by atoms with Crippen LogP contribution in [0.3, 0.4) is 0 Å². The summed E-state index contributed by atoms with van der Waals surface area (Å²) in [5, 5.41) is 18.8. The lowest BCUT2D eigenvalue weighted by Crippen LogP contribution is -2.35. The minimum Gasteiger partial charge on any atom is -0.424 e. The van der Waals surface area contributed by atoms with Gasteiger partial charge in [0.1, 0.15) is 0 Å². The Hall–Kier alpha value is -1.72. The second kappa shape index (κ2) is 6.42. The van der Waals surface area contributed by atoms with Crippen LogP contribution in [0.25, 0.3) is 0 Å². The van der Waals surface area contributed by atoms with Gasteiger partial charge in [-0.15, -0.1) is 10.2 Å². The van der Waals surface area contributed by atoms with Crippen molar-refractivity contribution in [1.82, 2.24) is 15.1 Å². The van der Waals surface area contributed by atoms with Crippen LogP contribution in [0.5, 0.6) is 0 Å². The molecule has 4 rings (SSSR count). The van der Waals surface area contributed by atoms with E-state index in [1.165, 1.54) is 12.8 Å². The summed E-state index contributed by atoms with van der Waals surface area (Å²) in [5.74, 6) is 2.39. The second-order valence-electron chi connectivity index (χ2n) is 6.78. The number of aromatic nitrogens is 2. The van der Waals surface area contributed by atoms with E-state index in [-0.39, 0.29) is 6.10 Å². The summed E-state index contributed by atoms with van der Waals surface area (Å²) < 4.78 is 5.74. The number of aliphatic hydroxyl groups excluding tert-OH is 1. The lowest BCUT2D eigenvalue weighted by molar-refractivity contribution is 0.0543. The van der Waals surface area contributed by atoms with Crippen LogP contribution >= 0.6 is 0 Å². The zero-order valence-electron chi connectivity index (χ0n) is 13.3. The first-order chi connectivity index (χ1) is 11.3. The molecule has 1 aliphatic carbocycles. The molecule has 2 heterocycles. The van der Waals surface area contributed by atoms with Crippen LogP contribution in [-0.4, -0.2) is 33.3 Å². The average molecular weight is 313 g/mol. The van der Waals surface area contributed by atoms with Crippen LogP contribution in [0, 0.1) is 5.92 Å². The number of rotatable bonds is 5. The second-order valence-corrected chi connectivity index (χ2v) is 6.78. The number of hydrogen-bond acceptors (Lipinski definition) is 5. The normalized spacial score (nSPS) is 21.4. The molecular weight excluding hydrogens is 290 g/mol. The Bertz CT molecular complexity index is 631. The Morgan fingerprint density at radius 1 is 1.09 bits per heavy atom. The van der Waals surface area contributed by atoms with Gasteiger partial charge >= 0.3 is 0 Å². The number of benzene rings is 1. The fourth-order valence-electron chi connectivity index (χ4n) is 3.37. The first-order valence-corrected chi connectivity index (χ1v) is 8.57. The first-order valence-electron chi connectivity index (χ1n) is 8.57. The zero-order chi connectivity index (χ0) is 15.6. The van der Waals surface area contributed by atoms with Crippen LogP contribution in [0.4, 0.5) is 0 Å². The number of nitrogens with zero attached hydrogens (tertiary/aromatic N) is 3. The maximum absolute atomic E-state index is 10.5. The fourth-order valence-corrected chi connectivity index (χ4v) is 3.37. The van der Waals surface area contributed by atoms with Gasteiger partial charge in [0.25, 0.3) is 0 Å². The maximum atomic E-state index is 10.5. The Morgan fingerprint density at radius 2 is 1.83 bits per heavy atom. The molecule has 2 fully saturated rings. The summed E-state index contributed by atoms with van der Waals surface area (Å²) in [4.78, 5) is 2.35. The van der Waals surface area contributed by atoms with Crippen LogP contribution < -0.4 is 0 Å². The molecule has 0 radical (unpaired) electrons. The molecule has 1 N–H and O–H groups in total. The van der Waals surface area contributed by atoms with Crippen molar-refractivity contribution in [2.75, 3.05) is 13.1 Å². The summed E-state index contributed by atoms with van der Waals surface area (Å²) in [7, 11) is 0. The minimum absolute atomic E-state index is 0.332. The molecular formula is C18H23N3O2. The standard InChI is InChI=1S/C18H23N3O2/c22-17(13-4-2-1-3-5-13)14-8-10-21(11-9-14)12-16-19-20-18(23-16)15-6-7-15/h1-5,14-15,17,22H,6-12H2. The Kier molecular flexibility index (Phi) is 4.14. The molecule has 0 amide bonds. The molecule has 1 aromatic carbocycles. The first kappa shape index (κ1) is 14.8. The Labute approximate surface area is 136 Å². The molecule has 1 unspecified atom stereocenters. The SMILES string of the molecule is OC(c1ccccc1)C1CCN(Cc2nnc(C3CC3)o2)CC1. The van der Waals surface area contributed by atoms with E-state index in [2.05, 4.69) is 15.1 Å². The van der Waals surface area contributed by atoms with E-state index in [0.717, 1.165) is 49.8 Å². The van der Waals surface area contributed by atoms with Gasteiger partial charge in [0.2, 0.25) is 11.8 Å². The minimum atomic E-state index is -0.358. The van der Waals surface area contributed by atoms with Gasteiger partial charge in [0.05, 0.1) is 12.6 Å². The smallest absolute Gasteiger partial charge is 0.230 e. The van der Waals surface area contributed by atoms with E-state index in [1.54, 1.807) is 0 Å². The maximum Gasteiger partial charge on any atom is 0.230 e. The molecule has 1 aromatic heterocycles. The summed E-state index contributed by atoms with van der Waals surface area (Å²) in [5.41, 5.74) is 1.02. The predicted molar refractivity (Wildman–Crippen MR) is 85.7 cm³/mol. The predicted octanol–water partition coefficient (Wildman–Crippen LogP) is 2.89. The Balaban J connectivity index is 1.30. The van der Waals surface area contributed by atoms with Crippen LogP contribution in [0.1, 0.15) is 55.1 Å². The third-order valence-electron chi connectivity index (χ3n) is 4.99. The summed E-state index contributed by atoms with van der Waals surface area (Å²) >= 11 is 0. The van der Waals surface area contributed by atoms with E-state index >= 15 is 0 Å². The highest BCUT2D eigenvalue weighted by Crippen LogP contribution is 2.39. The third kappa shape index (κ3) is 3.46. The van der Waals surface area contributed by atoms with Gasteiger partial charge in [0, 0.05) is 5.92 Å². The van der Waals surface area contributed by atoms with Crippen molar-refractivity contribution in [3.8, 4) is 0 Å².